The molecule has 3 aromatic carbocycles. The second-order valence-corrected chi connectivity index (χ2v) is 9.52. The first-order valence-corrected chi connectivity index (χ1v) is 11.8. The number of halogens is 2. The van der Waals surface area contributed by atoms with Crippen LogP contribution in [0.2, 0.25) is 0 Å². The molecule has 2 aliphatic heterocycles. The van der Waals surface area contributed by atoms with Gasteiger partial charge in [-0.1, -0.05) is 60.7 Å². The molecule has 182 valence electrons. The number of nitrogens with one attached hydrogen (secondary N) is 1. The van der Waals surface area contributed by atoms with Gasteiger partial charge < -0.3 is 19.9 Å². The molecule has 2 heterocycles. The van der Waals surface area contributed by atoms with Crippen molar-refractivity contribution in [2.24, 2.45) is 5.92 Å². The fourth-order valence-corrected chi connectivity index (χ4v) is 4.98. The van der Waals surface area contributed by atoms with Crippen LogP contribution in [-0.2, 0) is 9.47 Å². The number of aliphatic hydroxyl groups excluding tert-OH is 1. The van der Waals surface area contributed by atoms with Crippen molar-refractivity contribution in [2.45, 2.75) is 38.6 Å². The van der Waals surface area contributed by atoms with E-state index >= 15 is 8.78 Å². The lowest BCUT2D eigenvalue weighted by atomic mass is 9.95. The van der Waals surface area contributed by atoms with Gasteiger partial charge in [-0.25, -0.2) is 8.78 Å². The van der Waals surface area contributed by atoms with E-state index in [0.29, 0.717) is 35.5 Å². The van der Waals surface area contributed by atoms with Crippen LogP contribution in [0.5, 0.6) is 0 Å². The molecule has 0 unspecified atom stereocenters. The monoisotopic (exact) mass is 477 g/mol. The molecule has 3 aromatic rings. The summed E-state index contributed by atoms with van der Waals surface area (Å²) in [7, 11) is 0. The van der Waals surface area contributed by atoms with Gasteiger partial charge in [-0.05, 0) is 43.0 Å². The Kier molecular flexibility index (Phi) is 6.45. The number of anilines is 1. The molecule has 2 aliphatic rings. The lowest BCUT2D eigenvalue weighted by Gasteiger charge is -2.20. The van der Waals surface area contributed by atoms with Gasteiger partial charge in [0, 0.05) is 22.9 Å². The third kappa shape index (κ3) is 4.61. The fourth-order valence-electron chi connectivity index (χ4n) is 4.98. The van der Waals surface area contributed by atoms with Crippen molar-refractivity contribution >= 4 is 5.69 Å². The van der Waals surface area contributed by atoms with Gasteiger partial charge in [0.05, 0.1) is 24.9 Å². The van der Waals surface area contributed by atoms with E-state index in [2.05, 4.69) is 11.9 Å². The van der Waals surface area contributed by atoms with Crippen LogP contribution in [0.25, 0.3) is 22.3 Å². The van der Waals surface area contributed by atoms with Crippen LogP contribution in [0.1, 0.15) is 17.5 Å². The maximum atomic E-state index is 15.4. The average Bonchev–Trinajstić information content (AvgIpc) is 3.41. The maximum absolute atomic E-state index is 15.4. The van der Waals surface area contributed by atoms with E-state index in [4.69, 9.17) is 9.47 Å². The van der Waals surface area contributed by atoms with Crippen LogP contribution in [0.15, 0.2) is 66.9 Å². The highest BCUT2D eigenvalue weighted by Crippen LogP contribution is 2.37. The SMILES string of the molecule is C=C(C[C@@H]1CO[C@H]2[C@@H]1OC[C@H]2O)Nc1cc(F)c(-c2ccc(-c3ccc(C)cc3)cc2)c(F)c1C. The summed E-state index contributed by atoms with van der Waals surface area (Å²) in [5, 5.41) is 13.0. The molecule has 0 spiro atoms. The van der Waals surface area contributed by atoms with Crippen LogP contribution >= 0.6 is 0 Å². The van der Waals surface area contributed by atoms with Crippen LogP contribution < -0.4 is 5.32 Å². The number of benzene rings is 3. The molecular weight excluding hydrogens is 448 g/mol. The molecular formula is C29H29F2NO3. The normalized spacial score (nSPS) is 23.3. The zero-order valence-electron chi connectivity index (χ0n) is 19.9. The molecule has 2 saturated heterocycles. The summed E-state index contributed by atoms with van der Waals surface area (Å²) in [6.45, 7) is 8.41. The van der Waals surface area contributed by atoms with Gasteiger partial charge in [0.1, 0.15) is 23.8 Å². The first kappa shape index (κ1) is 23.7. The Labute approximate surface area is 204 Å². The van der Waals surface area contributed by atoms with E-state index in [0.717, 1.165) is 11.1 Å². The summed E-state index contributed by atoms with van der Waals surface area (Å²) >= 11 is 0. The number of hydrogen-bond acceptors (Lipinski definition) is 4. The number of fused-ring (bicyclic) bond motifs is 1. The minimum absolute atomic E-state index is 0.0264. The first-order chi connectivity index (χ1) is 16.8. The van der Waals surface area contributed by atoms with Gasteiger partial charge >= 0.3 is 0 Å². The highest BCUT2D eigenvalue weighted by atomic mass is 19.1. The zero-order chi connectivity index (χ0) is 24.7. The molecule has 0 saturated carbocycles. The summed E-state index contributed by atoms with van der Waals surface area (Å²) < 4.78 is 41.8. The van der Waals surface area contributed by atoms with Gasteiger partial charge in [0.25, 0.3) is 0 Å². The zero-order valence-corrected chi connectivity index (χ0v) is 19.9. The van der Waals surface area contributed by atoms with Crippen LogP contribution in [0.3, 0.4) is 0 Å². The molecule has 0 bridgehead atoms. The van der Waals surface area contributed by atoms with Crippen molar-refractivity contribution in [3.63, 3.8) is 0 Å². The van der Waals surface area contributed by atoms with Crippen molar-refractivity contribution in [2.75, 3.05) is 18.5 Å². The molecule has 0 radical (unpaired) electrons. The average molecular weight is 478 g/mol. The van der Waals surface area contributed by atoms with Gasteiger partial charge in [-0.3, -0.25) is 0 Å². The predicted octanol–water partition coefficient (Wildman–Crippen LogP) is 6.01. The molecule has 2 N–H and O–H groups in total. The Morgan fingerprint density at radius 2 is 1.54 bits per heavy atom. The molecule has 0 amide bonds. The number of aryl methyl sites for hydroxylation is 1. The molecule has 0 aliphatic carbocycles. The predicted molar refractivity (Wildman–Crippen MR) is 133 cm³/mol. The third-order valence-electron chi connectivity index (χ3n) is 6.97. The van der Waals surface area contributed by atoms with Crippen LogP contribution in [-0.4, -0.2) is 36.6 Å². The lowest BCUT2D eigenvalue weighted by Crippen LogP contribution is -2.29. The lowest BCUT2D eigenvalue weighted by molar-refractivity contribution is 0.0169. The Balaban J connectivity index is 1.32. The minimum atomic E-state index is -0.641. The number of rotatable bonds is 6. The molecule has 0 aromatic heterocycles. The largest absolute Gasteiger partial charge is 0.388 e. The first-order valence-electron chi connectivity index (χ1n) is 11.8. The molecule has 4 nitrogen and oxygen atoms in total. The summed E-state index contributed by atoms with van der Waals surface area (Å²) in [5.74, 6) is -1.22. The smallest absolute Gasteiger partial charge is 0.138 e. The van der Waals surface area contributed by atoms with Gasteiger partial charge in [0.15, 0.2) is 0 Å². The molecule has 35 heavy (non-hydrogen) atoms. The summed E-state index contributed by atoms with van der Waals surface area (Å²) in [4.78, 5) is 0. The highest BCUT2D eigenvalue weighted by Gasteiger charge is 2.46. The van der Waals surface area contributed by atoms with Crippen molar-refractivity contribution in [1.29, 1.82) is 0 Å². The quantitative estimate of drug-likeness (QED) is 0.457. The van der Waals surface area contributed by atoms with E-state index in [1.54, 1.807) is 19.1 Å². The summed E-state index contributed by atoms with van der Waals surface area (Å²) in [6.07, 6.45) is -0.613. The van der Waals surface area contributed by atoms with Gasteiger partial charge in [-0.15, -0.1) is 0 Å². The third-order valence-corrected chi connectivity index (χ3v) is 6.97. The molecule has 5 rings (SSSR count). The van der Waals surface area contributed by atoms with Crippen molar-refractivity contribution in [3.05, 3.63) is 89.6 Å². The van der Waals surface area contributed by atoms with E-state index in [1.165, 1.54) is 11.6 Å². The molecule has 4 atom stereocenters. The Morgan fingerprint density at radius 1 is 0.943 bits per heavy atom. The minimum Gasteiger partial charge on any atom is -0.388 e. The highest BCUT2D eigenvalue weighted by molar-refractivity contribution is 5.74. The second kappa shape index (κ2) is 9.53. The van der Waals surface area contributed by atoms with E-state index in [9.17, 15) is 5.11 Å². The Bertz CT molecular complexity index is 1240. The number of hydrogen-bond donors (Lipinski definition) is 2. The fraction of sp³-hybridized carbons (Fsp3) is 0.310. The number of aliphatic hydroxyl groups is 1. The van der Waals surface area contributed by atoms with Gasteiger partial charge in [0.2, 0.25) is 0 Å². The van der Waals surface area contributed by atoms with Crippen molar-refractivity contribution < 1.29 is 23.4 Å². The van der Waals surface area contributed by atoms with Crippen molar-refractivity contribution in [3.8, 4) is 22.3 Å². The second-order valence-electron chi connectivity index (χ2n) is 9.52. The summed E-state index contributed by atoms with van der Waals surface area (Å²) in [5.41, 5.74) is 4.91. The Hall–Kier alpha value is -3.06. The van der Waals surface area contributed by atoms with Crippen molar-refractivity contribution in [1.82, 2.24) is 0 Å². The summed E-state index contributed by atoms with van der Waals surface area (Å²) in [6, 6.07) is 16.7. The van der Waals surface area contributed by atoms with Crippen LogP contribution in [0, 0.1) is 31.4 Å². The number of ether oxygens (including phenoxy) is 2. The van der Waals surface area contributed by atoms with E-state index in [1.807, 2.05) is 43.3 Å². The number of allylic oxidation sites excluding steroid dienone is 1. The van der Waals surface area contributed by atoms with Gasteiger partial charge in [-0.2, -0.15) is 0 Å². The molecule has 2 fully saturated rings. The van der Waals surface area contributed by atoms with Crippen LogP contribution in [0.4, 0.5) is 14.5 Å². The van der Waals surface area contributed by atoms with E-state index in [-0.39, 0.29) is 30.3 Å². The molecule has 6 heteroatoms. The Morgan fingerprint density at radius 3 is 2.23 bits per heavy atom. The maximum Gasteiger partial charge on any atom is 0.138 e. The standard InChI is InChI=1S/C29H29F2NO3/c1-16-4-6-19(7-5-16)20-8-10-21(11-9-20)26-23(30)13-24(18(3)27(26)31)32-17(2)12-22-14-34-29-25(33)15-35-28(22)29/h4-11,13,22,25,28-29,32-33H,2,12,14-15H2,1,3H3/t22-,25-,28-,29-/m1/s1. The van der Waals surface area contributed by atoms with E-state index < -0.39 is 17.7 Å². The topological polar surface area (TPSA) is 50.7 Å².